The van der Waals surface area contributed by atoms with Gasteiger partial charge >= 0.3 is 6.03 Å². The normalized spacial score (nSPS) is 30.0. The average molecular weight is 293 g/mol. The van der Waals surface area contributed by atoms with E-state index >= 15 is 0 Å². The molecule has 0 aromatic heterocycles. The molecule has 3 aliphatic rings. The van der Waals surface area contributed by atoms with Crippen molar-refractivity contribution in [3.8, 4) is 0 Å². The Morgan fingerprint density at radius 2 is 1.86 bits per heavy atom. The van der Waals surface area contributed by atoms with Gasteiger partial charge in [0, 0.05) is 12.6 Å². The Kier molecular flexibility index (Phi) is 3.73. The second kappa shape index (κ2) is 5.40. The van der Waals surface area contributed by atoms with Gasteiger partial charge in [-0.25, -0.2) is 4.79 Å². The Labute approximate surface area is 124 Å². The second-order valence-electron chi connectivity index (χ2n) is 6.59. The van der Waals surface area contributed by atoms with Gasteiger partial charge in [-0.1, -0.05) is 19.3 Å². The van der Waals surface area contributed by atoms with Crippen molar-refractivity contribution in [3.63, 3.8) is 0 Å². The summed E-state index contributed by atoms with van der Waals surface area (Å²) in [6.07, 6.45) is 6.19. The summed E-state index contributed by atoms with van der Waals surface area (Å²) in [7, 11) is 2.03. The molecule has 0 aromatic carbocycles. The van der Waals surface area contributed by atoms with E-state index in [0.717, 1.165) is 38.6 Å². The van der Waals surface area contributed by atoms with Crippen LogP contribution in [-0.2, 0) is 9.59 Å². The SMILES string of the molecule is CN1CCCCC1CN1C(=O)NC(=O)C2(CCCC2)C1=O. The minimum absolute atomic E-state index is 0.208. The molecule has 1 spiro atoms. The average Bonchev–Trinajstić information content (AvgIpc) is 2.95. The molecule has 4 amide bonds. The van der Waals surface area contributed by atoms with E-state index in [-0.39, 0.29) is 17.9 Å². The van der Waals surface area contributed by atoms with Crippen molar-refractivity contribution in [1.29, 1.82) is 0 Å². The van der Waals surface area contributed by atoms with Crippen LogP contribution >= 0.6 is 0 Å². The molecule has 0 radical (unpaired) electrons. The zero-order chi connectivity index (χ0) is 15.0. The van der Waals surface area contributed by atoms with Crippen molar-refractivity contribution >= 4 is 17.8 Å². The molecule has 2 heterocycles. The fraction of sp³-hybridized carbons (Fsp3) is 0.800. The van der Waals surface area contributed by atoms with Gasteiger partial charge in [0.05, 0.1) is 0 Å². The molecule has 116 valence electrons. The van der Waals surface area contributed by atoms with Gasteiger partial charge in [0.2, 0.25) is 11.8 Å². The molecule has 1 aliphatic carbocycles. The number of rotatable bonds is 2. The highest BCUT2D eigenvalue weighted by Crippen LogP contribution is 2.41. The number of carbonyl (C=O) groups excluding carboxylic acids is 3. The molecule has 1 N–H and O–H groups in total. The lowest BCUT2D eigenvalue weighted by Gasteiger charge is -2.41. The first-order valence-corrected chi connectivity index (χ1v) is 7.92. The summed E-state index contributed by atoms with van der Waals surface area (Å²) < 4.78 is 0. The van der Waals surface area contributed by atoms with Crippen LogP contribution in [0.25, 0.3) is 0 Å². The third kappa shape index (κ3) is 2.35. The van der Waals surface area contributed by atoms with Crippen molar-refractivity contribution in [2.75, 3.05) is 20.1 Å². The van der Waals surface area contributed by atoms with Crippen molar-refractivity contribution in [2.24, 2.45) is 5.41 Å². The number of hydrogen-bond acceptors (Lipinski definition) is 4. The lowest BCUT2D eigenvalue weighted by atomic mass is 9.82. The van der Waals surface area contributed by atoms with E-state index in [4.69, 9.17) is 0 Å². The minimum atomic E-state index is -0.971. The van der Waals surface area contributed by atoms with Crippen molar-refractivity contribution in [2.45, 2.75) is 51.0 Å². The summed E-state index contributed by atoms with van der Waals surface area (Å²) >= 11 is 0. The van der Waals surface area contributed by atoms with Crippen LogP contribution in [-0.4, -0.2) is 53.8 Å². The quantitative estimate of drug-likeness (QED) is 0.774. The molecule has 1 unspecified atom stereocenters. The highest BCUT2D eigenvalue weighted by molar-refractivity contribution is 6.19. The number of likely N-dealkylation sites (N-methyl/N-ethyl adjacent to an activating group) is 1. The maximum atomic E-state index is 12.8. The zero-order valence-electron chi connectivity index (χ0n) is 12.6. The van der Waals surface area contributed by atoms with Gasteiger partial charge in [-0.05, 0) is 39.3 Å². The van der Waals surface area contributed by atoms with Gasteiger partial charge in [-0.2, -0.15) is 0 Å². The summed E-state index contributed by atoms with van der Waals surface area (Å²) in [4.78, 5) is 40.5. The largest absolute Gasteiger partial charge is 0.330 e. The third-order valence-electron chi connectivity index (χ3n) is 5.33. The monoisotopic (exact) mass is 293 g/mol. The number of barbiturate groups is 1. The van der Waals surface area contributed by atoms with Crippen LogP contribution < -0.4 is 5.32 Å². The summed E-state index contributed by atoms with van der Waals surface area (Å²) in [5, 5.41) is 2.41. The van der Waals surface area contributed by atoms with Gasteiger partial charge in [0.25, 0.3) is 0 Å². The Bertz CT molecular complexity index is 471. The standard InChI is InChI=1S/C15H23N3O3/c1-17-9-5-2-6-11(17)10-18-13(20)15(7-3-4-8-15)12(19)16-14(18)21/h11H,2-10H2,1H3,(H,16,19,21). The number of piperidine rings is 1. The molecule has 6 nitrogen and oxygen atoms in total. The summed E-state index contributed by atoms with van der Waals surface area (Å²) in [6, 6.07) is -0.332. The van der Waals surface area contributed by atoms with Crippen LogP contribution in [0.4, 0.5) is 4.79 Å². The molecular weight excluding hydrogens is 270 g/mol. The molecular formula is C15H23N3O3. The molecule has 0 aromatic rings. The van der Waals surface area contributed by atoms with Gasteiger partial charge < -0.3 is 4.90 Å². The van der Waals surface area contributed by atoms with E-state index in [1.54, 1.807) is 0 Å². The Balaban J connectivity index is 1.78. The van der Waals surface area contributed by atoms with Crippen LogP contribution in [0.3, 0.4) is 0 Å². The Morgan fingerprint density at radius 1 is 1.14 bits per heavy atom. The van der Waals surface area contributed by atoms with Gasteiger partial charge in [-0.15, -0.1) is 0 Å². The molecule has 6 heteroatoms. The number of imide groups is 2. The lowest BCUT2D eigenvalue weighted by molar-refractivity contribution is -0.151. The molecule has 21 heavy (non-hydrogen) atoms. The molecule has 0 bridgehead atoms. The molecule has 1 saturated carbocycles. The topological polar surface area (TPSA) is 69.7 Å². The van der Waals surface area contributed by atoms with E-state index in [1.807, 2.05) is 7.05 Å². The first-order valence-electron chi connectivity index (χ1n) is 7.92. The number of carbonyl (C=O) groups is 3. The number of amides is 4. The van der Waals surface area contributed by atoms with Crippen molar-refractivity contribution in [1.82, 2.24) is 15.1 Å². The summed E-state index contributed by atoms with van der Waals surface area (Å²) in [6.45, 7) is 1.40. The van der Waals surface area contributed by atoms with E-state index in [0.29, 0.717) is 19.4 Å². The zero-order valence-corrected chi connectivity index (χ0v) is 12.6. The highest BCUT2D eigenvalue weighted by Gasteiger charge is 2.55. The predicted octanol–water partition coefficient (Wildman–Crippen LogP) is 1.11. The number of nitrogens with zero attached hydrogens (tertiary/aromatic N) is 2. The van der Waals surface area contributed by atoms with Crippen molar-refractivity contribution in [3.05, 3.63) is 0 Å². The van der Waals surface area contributed by atoms with Crippen LogP contribution in [0.2, 0.25) is 0 Å². The maximum absolute atomic E-state index is 12.8. The Hall–Kier alpha value is -1.43. The number of likely N-dealkylation sites (tertiary alicyclic amines) is 1. The van der Waals surface area contributed by atoms with Crippen LogP contribution in [0.15, 0.2) is 0 Å². The molecule has 3 rings (SSSR count). The molecule has 2 aliphatic heterocycles. The molecule has 1 atom stereocenters. The smallest absolute Gasteiger partial charge is 0.302 e. The van der Waals surface area contributed by atoms with Crippen LogP contribution in [0.5, 0.6) is 0 Å². The van der Waals surface area contributed by atoms with E-state index in [1.165, 1.54) is 4.90 Å². The number of nitrogens with one attached hydrogen (secondary N) is 1. The molecule has 3 fully saturated rings. The predicted molar refractivity (Wildman–Crippen MR) is 76.4 cm³/mol. The van der Waals surface area contributed by atoms with E-state index < -0.39 is 11.4 Å². The second-order valence-corrected chi connectivity index (χ2v) is 6.59. The maximum Gasteiger partial charge on any atom is 0.330 e. The van der Waals surface area contributed by atoms with Crippen LogP contribution in [0.1, 0.15) is 44.9 Å². The van der Waals surface area contributed by atoms with Gasteiger partial charge in [0.1, 0.15) is 5.41 Å². The minimum Gasteiger partial charge on any atom is -0.302 e. The van der Waals surface area contributed by atoms with Crippen molar-refractivity contribution < 1.29 is 14.4 Å². The highest BCUT2D eigenvalue weighted by atomic mass is 16.2. The first-order chi connectivity index (χ1) is 10.0. The van der Waals surface area contributed by atoms with E-state index in [9.17, 15) is 14.4 Å². The summed E-state index contributed by atoms with van der Waals surface area (Å²) in [5.74, 6) is -0.657. The molecule has 2 saturated heterocycles. The van der Waals surface area contributed by atoms with Crippen LogP contribution in [0, 0.1) is 5.41 Å². The fourth-order valence-electron chi connectivity index (χ4n) is 3.90. The number of hydrogen-bond donors (Lipinski definition) is 1. The van der Waals surface area contributed by atoms with Gasteiger partial charge in [0.15, 0.2) is 0 Å². The Morgan fingerprint density at radius 3 is 2.52 bits per heavy atom. The lowest BCUT2D eigenvalue weighted by Crippen LogP contribution is -2.65. The van der Waals surface area contributed by atoms with Gasteiger partial charge in [-0.3, -0.25) is 19.8 Å². The third-order valence-corrected chi connectivity index (χ3v) is 5.33. The van der Waals surface area contributed by atoms with E-state index in [2.05, 4.69) is 10.2 Å². The fourth-order valence-corrected chi connectivity index (χ4v) is 3.90. The first kappa shape index (κ1) is 14.5. The number of urea groups is 1. The summed E-state index contributed by atoms with van der Waals surface area (Å²) in [5.41, 5.74) is -0.971.